The van der Waals surface area contributed by atoms with Gasteiger partial charge in [-0.3, -0.25) is 4.79 Å². The highest BCUT2D eigenvalue weighted by Gasteiger charge is 2.22. The van der Waals surface area contributed by atoms with Crippen LogP contribution in [-0.2, 0) is 6.54 Å². The molecule has 32 heavy (non-hydrogen) atoms. The van der Waals surface area contributed by atoms with Crippen molar-refractivity contribution in [2.24, 2.45) is 0 Å². The van der Waals surface area contributed by atoms with Gasteiger partial charge in [-0.15, -0.1) is 5.10 Å². The Morgan fingerprint density at radius 2 is 1.81 bits per heavy atom. The molecule has 0 unspecified atom stereocenters. The molecule has 0 saturated heterocycles. The van der Waals surface area contributed by atoms with Crippen LogP contribution in [0.3, 0.4) is 0 Å². The average Bonchev–Trinajstić information content (AvgIpc) is 3.19. The van der Waals surface area contributed by atoms with Crippen molar-refractivity contribution in [3.63, 3.8) is 0 Å². The molecule has 2 aromatic heterocycles. The summed E-state index contributed by atoms with van der Waals surface area (Å²) in [4.78, 5) is 24.1. The Kier molecular flexibility index (Phi) is 5.96. The molecule has 0 N–H and O–H groups in total. The third kappa shape index (κ3) is 4.22. The maximum absolute atomic E-state index is 13.6. The van der Waals surface area contributed by atoms with Gasteiger partial charge in [0.25, 0.3) is 11.7 Å². The predicted molar refractivity (Wildman–Crippen MR) is 122 cm³/mol. The highest BCUT2D eigenvalue weighted by molar-refractivity contribution is 6.31. The van der Waals surface area contributed by atoms with E-state index in [1.807, 2.05) is 26.0 Å². The molecular weight excluding hydrogens is 430 g/mol. The molecule has 0 fully saturated rings. The summed E-state index contributed by atoms with van der Waals surface area (Å²) in [5, 5.41) is 5.07. The summed E-state index contributed by atoms with van der Waals surface area (Å²) in [5.41, 5.74) is 2.81. The molecule has 0 aliphatic heterocycles. The monoisotopic (exact) mass is 451 g/mol. The van der Waals surface area contributed by atoms with Crippen molar-refractivity contribution in [3.8, 4) is 11.5 Å². The Labute approximate surface area is 190 Å². The Hall–Kier alpha value is -3.65. The van der Waals surface area contributed by atoms with Crippen LogP contribution < -0.4 is 14.4 Å². The molecule has 4 rings (SSSR count). The minimum absolute atomic E-state index is 0.134. The fourth-order valence-electron chi connectivity index (χ4n) is 3.47. The Morgan fingerprint density at radius 3 is 2.53 bits per heavy atom. The van der Waals surface area contributed by atoms with Crippen molar-refractivity contribution in [1.82, 2.24) is 19.6 Å². The molecule has 2 heterocycles. The van der Waals surface area contributed by atoms with E-state index in [1.54, 1.807) is 52.9 Å². The molecule has 4 aromatic rings. The first-order chi connectivity index (χ1) is 15.4. The number of aromatic nitrogens is 4. The van der Waals surface area contributed by atoms with Crippen LogP contribution >= 0.6 is 11.6 Å². The second kappa shape index (κ2) is 8.84. The molecule has 0 radical (unpaired) electrons. The van der Waals surface area contributed by atoms with Crippen LogP contribution in [0.1, 0.15) is 27.6 Å². The number of hydrogen-bond acceptors (Lipinski definition) is 6. The number of methoxy groups -OCH3 is 2. The van der Waals surface area contributed by atoms with Crippen molar-refractivity contribution in [2.45, 2.75) is 20.4 Å². The van der Waals surface area contributed by atoms with Gasteiger partial charge in [-0.25, -0.2) is 9.50 Å². The lowest BCUT2D eigenvalue weighted by Crippen LogP contribution is -2.31. The number of anilines is 1. The summed E-state index contributed by atoms with van der Waals surface area (Å²) < 4.78 is 12.3. The summed E-state index contributed by atoms with van der Waals surface area (Å²) in [5.74, 6) is 1.69. The smallest absolute Gasteiger partial charge is 0.258 e. The van der Waals surface area contributed by atoms with E-state index in [0.29, 0.717) is 39.4 Å². The van der Waals surface area contributed by atoms with Crippen LogP contribution in [0.4, 0.5) is 5.69 Å². The highest BCUT2D eigenvalue weighted by atomic mass is 35.5. The van der Waals surface area contributed by atoms with Crippen molar-refractivity contribution in [1.29, 1.82) is 0 Å². The van der Waals surface area contributed by atoms with Gasteiger partial charge in [0.05, 0.1) is 20.8 Å². The quantitative estimate of drug-likeness (QED) is 0.435. The lowest BCUT2D eigenvalue weighted by molar-refractivity contribution is 0.0984. The number of nitrogens with zero attached hydrogens (tertiary/aromatic N) is 5. The summed E-state index contributed by atoms with van der Waals surface area (Å²) in [7, 11) is 3.07. The van der Waals surface area contributed by atoms with E-state index in [-0.39, 0.29) is 12.5 Å². The molecule has 9 heteroatoms. The van der Waals surface area contributed by atoms with Crippen LogP contribution in [0.15, 0.2) is 48.5 Å². The molecule has 0 spiro atoms. The van der Waals surface area contributed by atoms with Crippen LogP contribution in [0.2, 0.25) is 5.02 Å². The number of fused-ring (bicyclic) bond motifs is 1. The van der Waals surface area contributed by atoms with Gasteiger partial charge in [0.2, 0.25) is 0 Å². The molecule has 0 aliphatic rings. The lowest BCUT2D eigenvalue weighted by Gasteiger charge is -2.22. The summed E-state index contributed by atoms with van der Waals surface area (Å²) in [6.07, 6.45) is 0. The molecule has 164 valence electrons. The Bertz CT molecular complexity index is 1300. The summed E-state index contributed by atoms with van der Waals surface area (Å²) >= 11 is 6.21. The number of carbonyl (C=O) groups excluding carboxylic acids is 1. The third-order valence-corrected chi connectivity index (χ3v) is 5.19. The van der Waals surface area contributed by atoms with E-state index in [0.717, 1.165) is 11.4 Å². The molecular formula is C23H22ClN5O3. The predicted octanol–water partition coefficient (Wildman–Crippen LogP) is 4.26. The fourth-order valence-corrected chi connectivity index (χ4v) is 3.65. The fraction of sp³-hybridized carbons (Fsp3) is 0.217. The number of hydrogen-bond donors (Lipinski definition) is 0. The van der Waals surface area contributed by atoms with Crippen molar-refractivity contribution in [3.05, 3.63) is 76.3 Å². The van der Waals surface area contributed by atoms with Crippen molar-refractivity contribution >= 4 is 29.0 Å². The largest absolute Gasteiger partial charge is 0.493 e. The molecule has 0 bridgehead atoms. The first kappa shape index (κ1) is 21.6. The third-order valence-electron chi connectivity index (χ3n) is 4.96. The number of ether oxygens (including phenoxy) is 2. The van der Waals surface area contributed by atoms with Gasteiger partial charge in [0, 0.05) is 27.7 Å². The van der Waals surface area contributed by atoms with E-state index < -0.39 is 0 Å². The Morgan fingerprint density at radius 1 is 1.03 bits per heavy atom. The van der Waals surface area contributed by atoms with Gasteiger partial charge < -0.3 is 14.4 Å². The van der Waals surface area contributed by atoms with Crippen LogP contribution in [0, 0.1) is 13.8 Å². The van der Waals surface area contributed by atoms with Crippen LogP contribution in [0.5, 0.6) is 11.5 Å². The number of halogens is 1. The molecule has 0 saturated carbocycles. The molecule has 2 aromatic carbocycles. The molecule has 0 atom stereocenters. The van der Waals surface area contributed by atoms with Gasteiger partial charge in [-0.05, 0) is 56.3 Å². The molecule has 1 amide bonds. The second-order valence-electron chi connectivity index (χ2n) is 7.22. The number of benzene rings is 2. The number of carbonyl (C=O) groups is 1. The summed E-state index contributed by atoms with van der Waals surface area (Å²) in [6, 6.07) is 14.0. The van der Waals surface area contributed by atoms with Gasteiger partial charge in [0.15, 0.2) is 17.3 Å². The van der Waals surface area contributed by atoms with E-state index in [9.17, 15) is 4.79 Å². The van der Waals surface area contributed by atoms with Gasteiger partial charge in [-0.1, -0.05) is 17.7 Å². The maximum atomic E-state index is 13.6. The van der Waals surface area contributed by atoms with Gasteiger partial charge in [-0.2, -0.15) is 4.98 Å². The number of rotatable bonds is 6. The highest BCUT2D eigenvalue weighted by Crippen LogP contribution is 2.30. The first-order valence-corrected chi connectivity index (χ1v) is 10.3. The zero-order chi connectivity index (χ0) is 22.8. The Balaban J connectivity index is 1.76. The zero-order valence-electron chi connectivity index (χ0n) is 18.2. The minimum atomic E-state index is -0.257. The number of aryl methyl sites for hydroxylation is 2. The molecule has 0 aliphatic carbocycles. The zero-order valence-corrected chi connectivity index (χ0v) is 18.9. The van der Waals surface area contributed by atoms with E-state index in [2.05, 4.69) is 15.1 Å². The lowest BCUT2D eigenvalue weighted by atomic mass is 10.1. The SMILES string of the molecule is COc1ccc(C(=O)N(Cc2nc3nc(C)cc(C)n3n2)c2cccc(Cl)c2)cc1OC. The standard InChI is InChI=1S/C23H22ClN5O3/c1-14-10-15(2)29-23(25-14)26-21(27-29)13-28(18-7-5-6-17(24)12-18)22(30)16-8-9-19(31-3)20(11-16)32-4/h5-12H,13H2,1-4H3. The summed E-state index contributed by atoms with van der Waals surface area (Å²) in [6.45, 7) is 3.97. The number of amides is 1. The normalized spacial score (nSPS) is 10.9. The first-order valence-electron chi connectivity index (χ1n) is 9.89. The van der Waals surface area contributed by atoms with E-state index in [4.69, 9.17) is 21.1 Å². The maximum Gasteiger partial charge on any atom is 0.258 e. The van der Waals surface area contributed by atoms with Crippen LogP contribution in [-0.4, -0.2) is 39.7 Å². The van der Waals surface area contributed by atoms with E-state index >= 15 is 0 Å². The average molecular weight is 452 g/mol. The topological polar surface area (TPSA) is 81.9 Å². The van der Waals surface area contributed by atoms with E-state index in [1.165, 1.54) is 7.11 Å². The van der Waals surface area contributed by atoms with Gasteiger partial charge in [0.1, 0.15) is 0 Å². The molecule has 8 nitrogen and oxygen atoms in total. The second-order valence-corrected chi connectivity index (χ2v) is 7.66. The van der Waals surface area contributed by atoms with Gasteiger partial charge >= 0.3 is 0 Å². The van der Waals surface area contributed by atoms with Crippen LogP contribution in [0.25, 0.3) is 5.78 Å². The van der Waals surface area contributed by atoms with Crippen molar-refractivity contribution in [2.75, 3.05) is 19.1 Å². The minimum Gasteiger partial charge on any atom is -0.493 e. The van der Waals surface area contributed by atoms with Crippen molar-refractivity contribution < 1.29 is 14.3 Å².